The Labute approximate surface area is 188 Å². The summed E-state index contributed by atoms with van der Waals surface area (Å²) in [6, 6.07) is 18.9. The molecule has 4 aromatic rings. The summed E-state index contributed by atoms with van der Waals surface area (Å²) in [4.78, 5) is 28.5. The van der Waals surface area contributed by atoms with Crippen LogP contribution in [-0.2, 0) is 4.79 Å². The van der Waals surface area contributed by atoms with E-state index < -0.39 is 17.7 Å². The van der Waals surface area contributed by atoms with E-state index in [1.165, 1.54) is 37.4 Å². The Morgan fingerprint density at radius 1 is 1.00 bits per heavy atom. The summed E-state index contributed by atoms with van der Waals surface area (Å²) in [5.41, 5.74) is 2.24. The van der Waals surface area contributed by atoms with Gasteiger partial charge in [0.2, 0.25) is 0 Å². The lowest BCUT2D eigenvalue weighted by molar-refractivity contribution is -0.118. The summed E-state index contributed by atoms with van der Waals surface area (Å²) in [7, 11) is 1.46. The number of methoxy groups -OCH3 is 1. The van der Waals surface area contributed by atoms with Gasteiger partial charge in [0.25, 0.3) is 5.91 Å². The number of para-hydroxylation sites is 1. The number of amides is 1. The van der Waals surface area contributed by atoms with Gasteiger partial charge in [0.1, 0.15) is 5.82 Å². The van der Waals surface area contributed by atoms with Crippen LogP contribution < -0.4 is 14.8 Å². The molecule has 0 aliphatic heterocycles. The number of hydrogen-bond acceptors (Lipinski definition) is 5. The number of carboxylic acid groups (broad SMARTS) is 1. The number of hydrogen-bond donors (Lipinski definition) is 2. The predicted octanol–water partition coefficient (Wildman–Crippen LogP) is 4.77. The molecule has 4 rings (SSSR count). The number of nitrogens with one attached hydrogen (secondary N) is 1. The molecule has 3 aromatic carbocycles. The highest BCUT2D eigenvalue weighted by molar-refractivity contribution is 6.03. The van der Waals surface area contributed by atoms with E-state index in [9.17, 15) is 19.1 Å². The van der Waals surface area contributed by atoms with Crippen LogP contribution in [0.1, 0.15) is 10.4 Å². The Kier molecular flexibility index (Phi) is 6.17. The van der Waals surface area contributed by atoms with Crippen molar-refractivity contribution in [1.82, 2.24) is 4.98 Å². The van der Waals surface area contributed by atoms with E-state index in [-0.39, 0.29) is 12.2 Å². The molecule has 0 saturated carbocycles. The maximum absolute atomic E-state index is 13.0. The molecule has 7 nitrogen and oxygen atoms in total. The van der Waals surface area contributed by atoms with Crippen LogP contribution in [0.2, 0.25) is 0 Å². The fourth-order valence-electron chi connectivity index (χ4n) is 3.32. The molecule has 0 spiro atoms. The van der Waals surface area contributed by atoms with Gasteiger partial charge in [0, 0.05) is 16.6 Å². The second kappa shape index (κ2) is 9.35. The van der Waals surface area contributed by atoms with E-state index in [1.54, 1.807) is 42.5 Å². The normalized spacial score (nSPS) is 10.6. The van der Waals surface area contributed by atoms with Crippen LogP contribution in [0.5, 0.6) is 11.5 Å². The summed E-state index contributed by atoms with van der Waals surface area (Å²) < 4.78 is 24.0. The van der Waals surface area contributed by atoms with Crippen molar-refractivity contribution < 1.29 is 28.6 Å². The molecule has 0 aliphatic rings. The molecule has 0 saturated heterocycles. The van der Waals surface area contributed by atoms with Crippen molar-refractivity contribution in [2.75, 3.05) is 19.0 Å². The van der Waals surface area contributed by atoms with Crippen molar-refractivity contribution in [2.24, 2.45) is 0 Å². The monoisotopic (exact) mass is 446 g/mol. The summed E-state index contributed by atoms with van der Waals surface area (Å²) in [6.07, 6.45) is 0. The zero-order valence-corrected chi connectivity index (χ0v) is 17.5. The van der Waals surface area contributed by atoms with E-state index in [0.717, 1.165) is 0 Å². The van der Waals surface area contributed by atoms with E-state index in [4.69, 9.17) is 9.47 Å². The van der Waals surface area contributed by atoms with Gasteiger partial charge in [-0.25, -0.2) is 14.2 Å². The molecule has 1 aromatic heterocycles. The molecule has 0 atom stereocenters. The highest BCUT2D eigenvalue weighted by Crippen LogP contribution is 2.33. The number of carbonyl (C=O) groups excluding carboxylic acids is 1. The quantitative estimate of drug-likeness (QED) is 0.425. The number of aromatic carboxylic acids is 1. The topological polar surface area (TPSA) is 97.8 Å². The molecular formula is C25H19FN2O5. The molecule has 33 heavy (non-hydrogen) atoms. The Hall–Kier alpha value is -4.46. The zero-order valence-electron chi connectivity index (χ0n) is 17.5. The van der Waals surface area contributed by atoms with Crippen molar-refractivity contribution in [1.29, 1.82) is 0 Å². The maximum Gasteiger partial charge on any atom is 0.336 e. The van der Waals surface area contributed by atoms with Crippen molar-refractivity contribution in [3.63, 3.8) is 0 Å². The molecule has 0 fully saturated rings. The number of halogens is 1. The van der Waals surface area contributed by atoms with Gasteiger partial charge in [-0.15, -0.1) is 0 Å². The van der Waals surface area contributed by atoms with Crippen LogP contribution >= 0.6 is 0 Å². The van der Waals surface area contributed by atoms with Crippen LogP contribution in [0.4, 0.5) is 10.1 Å². The SMILES string of the molecule is COc1cc(-c2cc(C(=O)O)c3ccccc3n2)ccc1OCC(=O)Nc1ccc(F)cc1. The number of carbonyl (C=O) groups is 2. The molecule has 1 heterocycles. The molecule has 0 aliphatic carbocycles. The van der Waals surface area contributed by atoms with Crippen LogP contribution in [0, 0.1) is 5.82 Å². The molecular weight excluding hydrogens is 427 g/mol. The van der Waals surface area contributed by atoms with Gasteiger partial charge < -0.3 is 19.9 Å². The van der Waals surface area contributed by atoms with Crippen LogP contribution in [-0.4, -0.2) is 35.7 Å². The average Bonchev–Trinajstić information content (AvgIpc) is 2.83. The minimum atomic E-state index is -1.05. The Bertz CT molecular complexity index is 1340. The minimum absolute atomic E-state index is 0.146. The number of pyridine rings is 1. The lowest BCUT2D eigenvalue weighted by Gasteiger charge is -2.13. The third-order valence-electron chi connectivity index (χ3n) is 4.89. The standard InChI is InChI=1S/C25H19FN2O5/c1-32-23-12-15(21-13-19(25(30)31)18-4-2-3-5-20(18)28-21)6-11-22(23)33-14-24(29)27-17-9-7-16(26)8-10-17/h2-13H,14H2,1H3,(H,27,29)(H,30,31). The number of rotatable bonds is 7. The Morgan fingerprint density at radius 2 is 1.76 bits per heavy atom. The Balaban J connectivity index is 1.55. The van der Waals surface area contributed by atoms with E-state index >= 15 is 0 Å². The smallest absolute Gasteiger partial charge is 0.336 e. The highest BCUT2D eigenvalue weighted by Gasteiger charge is 2.15. The molecule has 0 radical (unpaired) electrons. The minimum Gasteiger partial charge on any atom is -0.493 e. The Morgan fingerprint density at radius 3 is 2.48 bits per heavy atom. The first-order valence-corrected chi connectivity index (χ1v) is 9.94. The van der Waals surface area contributed by atoms with E-state index in [1.807, 2.05) is 0 Å². The van der Waals surface area contributed by atoms with E-state index in [2.05, 4.69) is 10.3 Å². The van der Waals surface area contributed by atoms with Crippen LogP contribution in [0.3, 0.4) is 0 Å². The first-order chi connectivity index (χ1) is 15.9. The van der Waals surface area contributed by atoms with Crippen molar-refractivity contribution in [3.8, 4) is 22.8 Å². The predicted molar refractivity (Wildman–Crippen MR) is 121 cm³/mol. The number of carboxylic acids is 1. The van der Waals surface area contributed by atoms with Gasteiger partial charge >= 0.3 is 5.97 Å². The largest absolute Gasteiger partial charge is 0.493 e. The average molecular weight is 446 g/mol. The van der Waals surface area contributed by atoms with Gasteiger partial charge in [0.05, 0.1) is 23.9 Å². The summed E-state index contributed by atoms with van der Waals surface area (Å²) in [5, 5.41) is 12.8. The van der Waals surface area contributed by atoms with Crippen LogP contribution in [0.25, 0.3) is 22.2 Å². The van der Waals surface area contributed by atoms with Crippen molar-refractivity contribution in [2.45, 2.75) is 0 Å². The highest BCUT2D eigenvalue weighted by atomic mass is 19.1. The first-order valence-electron chi connectivity index (χ1n) is 9.94. The number of fused-ring (bicyclic) bond motifs is 1. The number of aromatic nitrogens is 1. The number of benzene rings is 3. The van der Waals surface area contributed by atoms with Gasteiger partial charge in [-0.2, -0.15) is 0 Å². The van der Waals surface area contributed by atoms with Crippen molar-refractivity contribution >= 4 is 28.5 Å². The number of anilines is 1. The molecule has 166 valence electrons. The summed E-state index contributed by atoms with van der Waals surface area (Å²) in [6.45, 7) is -0.287. The third kappa shape index (κ3) is 4.90. The second-order valence-electron chi connectivity index (χ2n) is 7.09. The van der Waals surface area contributed by atoms with Gasteiger partial charge in [-0.05, 0) is 54.6 Å². The fourth-order valence-corrected chi connectivity index (χ4v) is 3.32. The van der Waals surface area contributed by atoms with Crippen molar-refractivity contribution in [3.05, 3.63) is 84.2 Å². The first kappa shape index (κ1) is 21.8. The molecule has 1 amide bonds. The van der Waals surface area contributed by atoms with Crippen LogP contribution in [0.15, 0.2) is 72.8 Å². The molecule has 2 N–H and O–H groups in total. The molecule has 0 unspecified atom stereocenters. The van der Waals surface area contributed by atoms with Gasteiger partial charge in [-0.3, -0.25) is 4.79 Å². The summed E-state index contributed by atoms with van der Waals surface area (Å²) >= 11 is 0. The van der Waals surface area contributed by atoms with E-state index in [0.29, 0.717) is 39.3 Å². The third-order valence-corrected chi connectivity index (χ3v) is 4.89. The van der Waals surface area contributed by atoms with Gasteiger partial charge in [0.15, 0.2) is 18.1 Å². The maximum atomic E-state index is 13.0. The fraction of sp³-hybridized carbons (Fsp3) is 0.0800. The molecule has 0 bridgehead atoms. The zero-order chi connectivity index (χ0) is 23.4. The second-order valence-corrected chi connectivity index (χ2v) is 7.09. The molecule has 8 heteroatoms. The lowest BCUT2D eigenvalue weighted by atomic mass is 10.0. The number of nitrogens with zero attached hydrogens (tertiary/aromatic N) is 1. The number of ether oxygens (including phenoxy) is 2. The lowest BCUT2D eigenvalue weighted by Crippen LogP contribution is -2.20. The summed E-state index contributed by atoms with van der Waals surface area (Å²) in [5.74, 6) is -1.18. The van der Waals surface area contributed by atoms with Gasteiger partial charge in [-0.1, -0.05) is 18.2 Å².